The summed E-state index contributed by atoms with van der Waals surface area (Å²) >= 11 is 6.10. The van der Waals surface area contributed by atoms with E-state index in [4.69, 9.17) is 30.8 Å². The number of nitrogens with zero attached hydrogens (tertiary/aromatic N) is 3. The van der Waals surface area contributed by atoms with Crippen molar-refractivity contribution in [2.45, 2.75) is 129 Å². The van der Waals surface area contributed by atoms with Crippen molar-refractivity contribution in [1.29, 1.82) is 0 Å². The van der Waals surface area contributed by atoms with Crippen LogP contribution in [-0.2, 0) is 4.74 Å². The minimum atomic E-state index is -0.453. The third-order valence-corrected chi connectivity index (χ3v) is 11.1. The van der Waals surface area contributed by atoms with Crippen LogP contribution >= 0.6 is 11.6 Å². The molecule has 3 heterocycles. The monoisotopic (exact) mass is 721 g/mol. The second kappa shape index (κ2) is 19.9. The molecule has 0 saturated carbocycles. The molecule has 0 bridgehead atoms. The number of unbranched alkanes of at least 4 members (excludes halogenated alkanes) is 4. The number of carbonyl (C=O) groups is 1. The highest BCUT2D eigenvalue weighted by atomic mass is 35.5. The highest BCUT2D eigenvalue weighted by molar-refractivity contribution is 6.30. The number of ether oxygens (including phenoxy) is 3. The fraction of sp³-hybridized carbons (Fsp3) is 0.674. The van der Waals surface area contributed by atoms with Crippen molar-refractivity contribution in [3.8, 4) is 11.5 Å². The number of benzene rings is 2. The topological polar surface area (TPSA) is 63.6 Å². The number of rotatable bonds is 16. The van der Waals surface area contributed by atoms with E-state index in [1.165, 1.54) is 70.0 Å². The molecule has 0 spiro atoms. The van der Waals surface area contributed by atoms with Gasteiger partial charge in [-0.05, 0) is 152 Å². The van der Waals surface area contributed by atoms with Gasteiger partial charge in [0.1, 0.15) is 29.4 Å². The van der Waals surface area contributed by atoms with E-state index < -0.39 is 5.60 Å². The van der Waals surface area contributed by atoms with Gasteiger partial charge in [0.15, 0.2) is 0 Å². The standard InChI is InChI=1S/C43H64ClN3O4/c1-43(2,3)51-42(48)47-28-13-17-34(31-47)15-8-6-10-29-49-40-20-11-19-39-35(18-9-5-7-14-33-16-12-27-46(4)30-33)21-24-37(45-41(39)40)32-50-38-25-22-36(44)23-26-38/h11,19-20,22-23,25-26,33-35H,5-10,12-18,21,24,27-32H2,1-4H3. The summed E-state index contributed by atoms with van der Waals surface area (Å²) in [6.45, 7) is 11.1. The van der Waals surface area contributed by atoms with Gasteiger partial charge in [-0.2, -0.15) is 0 Å². The fourth-order valence-electron chi connectivity index (χ4n) is 8.11. The molecule has 2 fully saturated rings. The van der Waals surface area contributed by atoms with Crippen LogP contribution in [0.2, 0.25) is 5.02 Å². The molecular weight excluding hydrogens is 658 g/mol. The third kappa shape index (κ3) is 13.3. The van der Waals surface area contributed by atoms with Gasteiger partial charge in [-0.15, -0.1) is 0 Å². The molecule has 3 aliphatic rings. The Bertz CT molecular complexity index is 1390. The minimum absolute atomic E-state index is 0.171. The normalized spacial score (nSPS) is 21.4. The van der Waals surface area contributed by atoms with E-state index in [0.717, 1.165) is 86.9 Å². The lowest BCUT2D eigenvalue weighted by molar-refractivity contribution is 0.0160. The summed E-state index contributed by atoms with van der Waals surface area (Å²) in [5.41, 5.74) is 2.95. The molecule has 3 unspecified atom stereocenters. The highest BCUT2D eigenvalue weighted by Crippen LogP contribution is 2.42. The molecule has 2 aromatic carbocycles. The van der Waals surface area contributed by atoms with Gasteiger partial charge in [-0.25, -0.2) is 4.79 Å². The Morgan fingerprint density at radius 1 is 0.843 bits per heavy atom. The third-order valence-electron chi connectivity index (χ3n) is 10.8. The molecule has 2 saturated heterocycles. The van der Waals surface area contributed by atoms with Crippen LogP contribution in [0.1, 0.15) is 129 Å². The van der Waals surface area contributed by atoms with Crippen molar-refractivity contribution in [3.63, 3.8) is 0 Å². The Balaban J connectivity index is 1.13. The number of hydrogen-bond acceptors (Lipinski definition) is 6. The highest BCUT2D eigenvalue weighted by Gasteiger charge is 2.28. The first-order chi connectivity index (χ1) is 24.6. The Kier molecular flexibility index (Phi) is 15.4. The van der Waals surface area contributed by atoms with Crippen LogP contribution in [0.15, 0.2) is 47.5 Å². The van der Waals surface area contributed by atoms with Crippen LogP contribution < -0.4 is 9.47 Å². The number of amides is 1. The summed E-state index contributed by atoms with van der Waals surface area (Å²) in [6, 6.07) is 14.1. The largest absolute Gasteiger partial charge is 0.491 e. The summed E-state index contributed by atoms with van der Waals surface area (Å²) in [6.07, 6.45) is 17.7. The molecular formula is C43H64ClN3O4. The predicted octanol–water partition coefficient (Wildman–Crippen LogP) is 11.2. The minimum Gasteiger partial charge on any atom is -0.491 e. The molecule has 0 aliphatic carbocycles. The molecule has 282 valence electrons. The second-order valence-electron chi connectivity index (χ2n) is 16.4. The van der Waals surface area contributed by atoms with Gasteiger partial charge in [0.25, 0.3) is 0 Å². The lowest BCUT2D eigenvalue weighted by atomic mass is 9.87. The average Bonchev–Trinajstić information content (AvgIpc) is 3.28. The number of likely N-dealkylation sites (tertiary alicyclic amines) is 2. The Labute approximate surface area is 313 Å². The van der Waals surface area contributed by atoms with Crippen molar-refractivity contribution in [2.24, 2.45) is 16.8 Å². The number of aliphatic imine (C=N–C) groups is 1. The summed E-state index contributed by atoms with van der Waals surface area (Å²) in [5.74, 6) is 3.59. The summed E-state index contributed by atoms with van der Waals surface area (Å²) < 4.78 is 18.3. The van der Waals surface area contributed by atoms with Crippen LogP contribution in [0.3, 0.4) is 0 Å². The fourth-order valence-corrected chi connectivity index (χ4v) is 8.24. The summed E-state index contributed by atoms with van der Waals surface area (Å²) in [7, 11) is 2.27. The Morgan fingerprint density at radius 2 is 1.55 bits per heavy atom. The van der Waals surface area contributed by atoms with Crippen molar-refractivity contribution < 1.29 is 19.0 Å². The molecule has 0 N–H and O–H groups in total. The molecule has 1 amide bonds. The maximum absolute atomic E-state index is 12.6. The second-order valence-corrected chi connectivity index (χ2v) is 16.8. The molecule has 3 atom stereocenters. The van der Waals surface area contributed by atoms with Crippen molar-refractivity contribution in [3.05, 3.63) is 53.1 Å². The van der Waals surface area contributed by atoms with E-state index in [2.05, 4.69) is 30.1 Å². The summed E-state index contributed by atoms with van der Waals surface area (Å²) in [5, 5.41) is 0.706. The number of fused-ring (bicyclic) bond motifs is 1. The number of hydrogen-bond donors (Lipinski definition) is 0. The van der Waals surface area contributed by atoms with Crippen molar-refractivity contribution in [2.75, 3.05) is 46.4 Å². The van der Waals surface area contributed by atoms with E-state index >= 15 is 0 Å². The Morgan fingerprint density at radius 3 is 2.29 bits per heavy atom. The molecule has 7 nitrogen and oxygen atoms in total. The van der Waals surface area contributed by atoms with Gasteiger partial charge in [-0.1, -0.05) is 55.8 Å². The number of carbonyl (C=O) groups excluding carboxylic acids is 1. The molecule has 51 heavy (non-hydrogen) atoms. The van der Waals surface area contributed by atoms with Gasteiger partial charge in [-0.3, -0.25) is 4.99 Å². The number of para-hydroxylation sites is 1. The Hall–Kier alpha value is -2.77. The molecule has 8 heteroatoms. The van der Waals surface area contributed by atoms with Crippen LogP contribution in [0.4, 0.5) is 10.5 Å². The predicted molar refractivity (Wildman–Crippen MR) is 210 cm³/mol. The van der Waals surface area contributed by atoms with Crippen molar-refractivity contribution in [1.82, 2.24) is 9.80 Å². The van der Waals surface area contributed by atoms with E-state index in [1.807, 2.05) is 49.9 Å². The number of halogens is 1. The van der Waals surface area contributed by atoms with Gasteiger partial charge < -0.3 is 24.0 Å². The first-order valence-electron chi connectivity index (χ1n) is 20.0. The van der Waals surface area contributed by atoms with Crippen LogP contribution in [-0.4, -0.2) is 73.6 Å². The zero-order chi connectivity index (χ0) is 36.1. The molecule has 0 aromatic heterocycles. The first kappa shape index (κ1) is 39.4. The van der Waals surface area contributed by atoms with E-state index in [1.54, 1.807) is 0 Å². The average molecular weight is 722 g/mol. The lowest BCUT2D eigenvalue weighted by Gasteiger charge is -2.34. The molecule has 3 aliphatic heterocycles. The SMILES string of the molecule is CN1CCCC(CCCCCC2CCC(COc3ccc(Cl)cc3)=Nc3c(OCCCCCC4CCCN(C(=O)OC(C)(C)C)C4)cccc32)C1. The van der Waals surface area contributed by atoms with Gasteiger partial charge in [0.05, 0.1) is 12.3 Å². The van der Waals surface area contributed by atoms with Gasteiger partial charge in [0, 0.05) is 24.7 Å². The van der Waals surface area contributed by atoms with Crippen LogP contribution in [0, 0.1) is 11.8 Å². The first-order valence-corrected chi connectivity index (χ1v) is 20.4. The number of piperidine rings is 2. The zero-order valence-corrected chi connectivity index (χ0v) is 32.7. The smallest absolute Gasteiger partial charge is 0.410 e. The van der Waals surface area contributed by atoms with Gasteiger partial charge >= 0.3 is 6.09 Å². The maximum Gasteiger partial charge on any atom is 0.410 e. The molecule has 0 radical (unpaired) electrons. The van der Waals surface area contributed by atoms with E-state index in [0.29, 0.717) is 30.1 Å². The summed E-state index contributed by atoms with van der Waals surface area (Å²) in [4.78, 5) is 22.3. The lowest BCUT2D eigenvalue weighted by Crippen LogP contribution is -2.42. The van der Waals surface area contributed by atoms with Crippen molar-refractivity contribution >= 4 is 29.1 Å². The van der Waals surface area contributed by atoms with Gasteiger partial charge in [0.2, 0.25) is 0 Å². The van der Waals surface area contributed by atoms with E-state index in [-0.39, 0.29) is 6.09 Å². The molecule has 5 rings (SSSR count). The van der Waals surface area contributed by atoms with Crippen LogP contribution in [0.5, 0.6) is 11.5 Å². The zero-order valence-electron chi connectivity index (χ0n) is 32.0. The maximum atomic E-state index is 12.6. The van der Waals surface area contributed by atoms with E-state index in [9.17, 15) is 4.79 Å². The quantitative estimate of drug-likeness (QED) is 0.161. The molecule has 2 aromatic rings. The van der Waals surface area contributed by atoms with Crippen LogP contribution in [0.25, 0.3) is 0 Å².